The van der Waals surface area contributed by atoms with Crippen molar-refractivity contribution in [3.63, 3.8) is 0 Å². The molecule has 0 radical (unpaired) electrons. The third-order valence-corrected chi connectivity index (χ3v) is 10.9. The SMILES string of the molecule is CCCCCCCC/C=C\CCCCCCCCC1=NCC[N+]1(C)C(C)NC(=O)CCCCCCC/C=C\CCCCCCCC.COS(=O)(=O)[O-]. The van der Waals surface area contributed by atoms with E-state index in [-0.39, 0.29) is 12.1 Å². The van der Waals surface area contributed by atoms with Crippen molar-refractivity contribution in [2.45, 2.75) is 213 Å². The van der Waals surface area contributed by atoms with E-state index in [1.54, 1.807) is 0 Å². The van der Waals surface area contributed by atoms with Crippen LogP contribution in [0.1, 0.15) is 207 Å². The number of hydrogen-bond acceptors (Lipinski definition) is 6. The van der Waals surface area contributed by atoms with Gasteiger partial charge in [0.05, 0.1) is 20.7 Å². The molecule has 0 aromatic rings. The molecule has 1 N–H and O–H groups in total. The quantitative estimate of drug-likeness (QED) is 0.0231. The maximum absolute atomic E-state index is 12.7. The summed E-state index contributed by atoms with van der Waals surface area (Å²) in [7, 11) is -1.33. The largest absolute Gasteiger partial charge is 0.726 e. The molecule has 0 fully saturated rings. The van der Waals surface area contributed by atoms with Crippen LogP contribution in [0.4, 0.5) is 0 Å². The van der Waals surface area contributed by atoms with Crippen LogP contribution in [0.3, 0.4) is 0 Å². The molecule has 2 unspecified atom stereocenters. The minimum absolute atomic E-state index is 0.103. The summed E-state index contributed by atoms with van der Waals surface area (Å²) in [6.07, 6.45) is 47.0. The zero-order valence-electron chi connectivity index (χ0n) is 34.7. The second-order valence-corrected chi connectivity index (χ2v) is 16.3. The highest BCUT2D eigenvalue weighted by molar-refractivity contribution is 7.80. The topological polar surface area (TPSA) is 108 Å². The van der Waals surface area contributed by atoms with E-state index in [2.05, 4.69) is 61.6 Å². The van der Waals surface area contributed by atoms with Crippen molar-refractivity contribution in [3.8, 4) is 0 Å². The maximum atomic E-state index is 12.7. The fraction of sp³-hybridized carbons (Fsp3) is 0.860. The van der Waals surface area contributed by atoms with E-state index in [0.717, 1.165) is 43.9 Å². The Balaban J connectivity index is 0.00000397. The lowest BCUT2D eigenvalue weighted by Gasteiger charge is -2.36. The molecule has 1 aliphatic heterocycles. The molecule has 8 nitrogen and oxygen atoms in total. The minimum atomic E-state index is -4.41. The number of quaternary nitrogens is 1. The highest BCUT2D eigenvalue weighted by atomic mass is 32.3. The number of allylic oxidation sites excluding steroid dienone is 4. The van der Waals surface area contributed by atoms with Gasteiger partial charge in [-0.3, -0.25) is 13.5 Å². The summed E-state index contributed by atoms with van der Waals surface area (Å²) in [6, 6.07) is 0. The summed E-state index contributed by atoms with van der Waals surface area (Å²) in [4.78, 5) is 17.6. The minimum Gasteiger partial charge on any atom is -0.726 e. The Bertz CT molecular complexity index is 1030. The number of unbranched alkanes of at least 4 members (excludes halogenated alkanes) is 23. The summed E-state index contributed by atoms with van der Waals surface area (Å²) in [5.74, 6) is 1.51. The summed E-state index contributed by atoms with van der Waals surface area (Å²) in [5, 5.41) is 3.34. The molecule has 0 saturated carbocycles. The Hall–Kier alpha value is -1.55. The Morgan fingerprint density at radius 2 is 1.08 bits per heavy atom. The molecule has 1 rings (SSSR count). The van der Waals surface area contributed by atoms with Crippen molar-refractivity contribution in [2.75, 3.05) is 27.2 Å². The predicted octanol–water partition coefficient (Wildman–Crippen LogP) is 11.9. The number of rotatable bonds is 34. The third kappa shape index (κ3) is 30.9. The van der Waals surface area contributed by atoms with E-state index in [1.807, 2.05) is 0 Å². The van der Waals surface area contributed by atoms with Gasteiger partial charge in [-0.1, -0.05) is 147 Å². The molecule has 2 atom stereocenters. The molecule has 1 amide bonds. The van der Waals surface area contributed by atoms with Crippen LogP contribution in [0.15, 0.2) is 29.3 Å². The van der Waals surface area contributed by atoms with Crippen molar-refractivity contribution in [3.05, 3.63) is 24.3 Å². The summed E-state index contributed by atoms with van der Waals surface area (Å²) in [5.41, 5.74) is 0. The first-order valence-corrected chi connectivity index (χ1v) is 22.9. The van der Waals surface area contributed by atoms with Crippen LogP contribution in [0.25, 0.3) is 0 Å². The summed E-state index contributed by atoms with van der Waals surface area (Å²) < 4.78 is 31.8. The molecule has 1 heterocycles. The molecule has 0 aromatic carbocycles. The molecular formula is C43H83N3O5S. The van der Waals surface area contributed by atoms with Crippen molar-refractivity contribution in [1.29, 1.82) is 0 Å². The fourth-order valence-electron chi connectivity index (χ4n) is 6.76. The molecule has 0 aromatic heterocycles. The first kappa shape index (κ1) is 50.5. The molecule has 1 aliphatic rings. The van der Waals surface area contributed by atoms with E-state index in [4.69, 9.17) is 4.99 Å². The van der Waals surface area contributed by atoms with Gasteiger partial charge in [-0.15, -0.1) is 0 Å². The van der Waals surface area contributed by atoms with E-state index < -0.39 is 10.4 Å². The zero-order chi connectivity index (χ0) is 38.6. The molecule has 0 spiro atoms. The smallest absolute Gasteiger partial charge is 0.224 e. The van der Waals surface area contributed by atoms with Crippen LogP contribution < -0.4 is 5.32 Å². The molecule has 0 aliphatic carbocycles. The van der Waals surface area contributed by atoms with Crippen LogP contribution in [0, 0.1) is 0 Å². The van der Waals surface area contributed by atoms with Crippen LogP contribution in [0.5, 0.6) is 0 Å². The van der Waals surface area contributed by atoms with Gasteiger partial charge in [0.1, 0.15) is 6.54 Å². The van der Waals surface area contributed by atoms with E-state index in [9.17, 15) is 17.8 Å². The molecule has 0 bridgehead atoms. The van der Waals surface area contributed by atoms with Gasteiger partial charge in [0, 0.05) is 19.8 Å². The first-order chi connectivity index (χ1) is 25.1. The van der Waals surface area contributed by atoms with Crippen LogP contribution >= 0.6 is 0 Å². The monoisotopic (exact) mass is 754 g/mol. The van der Waals surface area contributed by atoms with Crippen LogP contribution in [-0.2, 0) is 19.4 Å². The van der Waals surface area contributed by atoms with Gasteiger partial charge in [0.25, 0.3) is 0 Å². The molecule has 0 saturated heterocycles. The average molecular weight is 754 g/mol. The Morgan fingerprint density at radius 3 is 1.48 bits per heavy atom. The standard InChI is InChI=1S/C42H79N3O.CH4O4S/c1-5-7-9-11-13-15-17-19-21-23-24-26-28-30-32-34-36-41-43-38-39-45(41,4)40(3)44-42(46)37-35-33-31-29-27-25-22-20-18-16-14-12-10-8-6-2;1-5-6(2,3)4/h19-22,40H,5-18,23-39H2,1-4H3;1H3,(H,2,3,4)/b21-19-,22-20-;. The number of nitrogens with one attached hydrogen (secondary N) is 1. The van der Waals surface area contributed by atoms with Gasteiger partial charge in [0.15, 0.2) is 12.0 Å². The van der Waals surface area contributed by atoms with Gasteiger partial charge in [-0.05, 0) is 64.2 Å². The van der Waals surface area contributed by atoms with Gasteiger partial charge in [-0.25, -0.2) is 13.4 Å². The number of amides is 1. The Morgan fingerprint density at radius 1 is 0.712 bits per heavy atom. The normalized spacial score (nSPS) is 16.7. The fourth-order valence-corrected chi connectivity index (χ4v) is 6.76. The number of hydrogen-bond donors (Lipinski definition) is 1. The van der Waals surface area contributed by atoms with Crippen LogP contribution in [0.2, 0.25) is 0 Å². The first-order valence-electron chi connectivity index (χ1n) is 21.6. The number of amidine groups is 1. The highest BCUT2D eigenvalue weighted by Crippen LogP contribution is 2.21. The average Bonchev–Trinajstić information content (AvgIpc) is 3.50. The maximum Gasteiger partial charge on any atom is 0.224 e. The van der Waals surface area contributed by atoms with Crippen molar-refractivity contribution in [1.82, 2.24) is 5.32 Å². The zero-order valence-corrected chi connectivity index (χ0v) is 35.5. The van der Waals surface area contributed by atoms with Crippen molar-refractivity contribution < 1.29 is 26.4 Å². The summed E-state index contributed by atoms with van der Waals surface area (Å²) >= 11 is 0. The molecular weight excluding hydrogens is 671 g/mol. The van der Waals surface area contributed by atoms with Gasteiger partial charge in [0.2, 0.25) is 16.3 Å². The van der Waals surface area contributed by atoms with Gasteiger partial charge >= 0.3 is 0 Å². The number of carbonyl (C=O) groups is 1. The van der Waals surface area contributed by atoms with E-state index >= 15 is 0 Å². The van der Waals surface area contributed by atoms with Gasteiger partial charge < -0.3 is 9.87 Å². The van der Waals surface area contributed by atoms with E-state index in [0.29, 0.717) is 6.42 Å². The predicted molar refractivity (Wildman–Crippen MR) is 221 cm³/mol. The number of likely N-dealkylation sites (N-methyl/N-ethyl adjacent to an activating group) is 1. The van der Waals surface area contributed by atoms with Crippen LogP contribution in [-0.4, -0.2) is 62.6 Å². The molecule has 306 valence electrons. The molecule has 52 heavy (non-hydrogen) atoms. The lowest BCUT2D eigenvalue weighted by atomic mass is 10.1. The lowest BCUT2D eigenvalue weighted by molar-refractivity contribution is -0.843. The Kier molecular flexibility index (Phi) is 34.1. The Labute approximate surface area is 322 Å². The number of nitrogens with zero attached hydrogens (tertiary/aromatic N) is 2. The van der Waals surface area contributed by atoms with Crippen molar-refractivity contribution >= 4 is 22.1 Å². The lowest BCUT2D eigenvalue weighted by Crippen LogP contribution is -2.60. The third-order valence-electron chi connectivity index (χ3n) is 10.5. The second kappa shape index (κ2) is 35.2. The number of carbonyl (C=O) groups excluding carboxylic acids is 1. The summed E-state index contributed by atoms with van der Waals surface area (Å²) in [6.45, 7) is 8.65. The molecule has 9 heteroatoms. The van der Waals surface area contributed by atoms with E-state index in [1.165, 1.54) is 166 Å². The van der Waals surface area contributed by atoms with Crippen molar-refractivity contribution in [2.24, 2.45) is 4.99 Å². The second-order valence-electron chi connectivity index (χ2n) is 15.1. The highest BCUT2D eigenvalue weighted by Gasteiger charge is 2.39. The van der Waals surface area contributed by atoms with Gasteiger partial charge in [-0.2, -0.15) is 0 Å². The number of aliphatic imine (C=N–C) groups is 1.